The van der Waals surface area contributed by atoms with Crippen LogP contribution in [0, 0.1) is 6.92 Å². The van der Waals surface area contributed by atoms with E-state index in [0.717, 1.165) is 34.0 Å². The lowest BCUT2D eigenvalue weighted by Crippen LogP contribution is -2.10. The molecule has 0 unspecified atom stereocenters. The van der Waals surface area contributed by atoms with Gasteiger partial charge in [-0.1, -0.05) is 46.8 Å². The van der Waals surface area contributed by atoms with Gasteiger partial charge in [-0.2, -0.15) is 0 Å². The third-order valence-corrected chi connectivity index (χ3v) is 4.94. The molecule has 0 radical (unpaired) electrons. The number of aromatic nitrogens is 6. The zero-order valence-electron chi connectivity index (χ0n) is 14.5. The number of hydrogen-bond donors (Lipinski definition) is 1. The van der Waals surface area contributed by atoms with Crippen LogP contribution in [0.3, 0.4) is 0 Å². The van der Waals surface area contributed by atoms with Crippen molar-refractivity contribution in [2.45, 2.75) is 18.6 Å². The molecule has 2 aromatic carbocycles. The quantitative estimate of drug-likeness (QED) is 0.513. The van der Waals surface area contributed by atoms with Crippen molar-refractivity contribution in [3.05, 3.63) is 59.9 Å². The number of carbonyl (C=O) groups is 1. The maximum Gasteiger partial charge on any atom is 0.313 e. The van der Waals surface area contributed by atoms with E-state index in [9.17, 15) is 4.79 Å². The SMILES string of the molecule is Cc1ccc(-n2c(Cn3nnc4ccccc43)nnc2SCC(=O)O)cc1. The first-order valence-corrected chi connectivity index (χ1v) is 9.24. The first-order chi connectivity index (χ1) is 13.1. The number of para-hydroxylation sites is 1. The molecule has 0 aliphatic carbocycles. The molecule has 27 heavy (non-hydrogen) atoms. The van der Waals surface area contributed by atoms with Gasteiger partial charge in [0.2, 0.25) is 0 Å². The molecule has 1 N–H and O–H groups in total. The smallest absolute Gasteiger partial charge is 0.313 e. The van der Waals surface area contributed by atoms with Crippen molar-refractivity contribution < 1.29 is 9.90 Å². The van der Waals surface area contributed by atoms with Gasteiger partial charge in [-0.3, -0.25) is 9.36 Å². The summed E-state index contributed by atoms with van der Waals surface area (Å²) < 4.78 is 3.62. The highest BCUT2D eigenvalue weighted by molar-refractivity contribution is 7.99. The van der Waals surface area contributed by atoms with Crippen LogP contribution in [-0.2, 0) is 11.3 Å². The number of carboxylic acid groups (broad SMARTS) is 1. The van der Waals surface area contributed by atoms with Gasteiger partial charge in [0, 0.05) is 5.69 Å². The molecule has 0 spiro atoms. The third-order valence-electron chi connectivity index (χ3n) is 4.03. The molecule has 0 amide bonds. The van der Waals surface area contributed by atoms with Gasteiger partial charge in [-0.15, -0.1) is 15.3 Å². The Balaban J connectivity index is 1.75. The average molecular weight is 380 g/mol. The maximum absolute atomic E-state index is 11.0. The molecule has 0 bridgehead atoms. The minimum Gasteiger partial charge on any atom is -0.481 e. The highest BCUT2D eigenvalue weighted by atomic mass is 32.2. The summed E-state index contributed by atoms with van der Waals surface area (Å²) in [6.07, 6.45) is 0. The molecule has 4 aromatic rings. The lowest BCUT2D eigenvalue weighted by atomic mass is 10.2. The number of thioether (sulfide) groups is 1. The highest BCUT2D eigenvalue weighted by Gasteiger charge is 2.17. The lowest BCUT2D eigenvalue weighted by molar-refractivity contribution is -0.133. The van der Waals surface area contributed by atoms with E-state index in [4.69, 9.17) is 5.11 Å². The summed E-state index contributed by atoms with van der Waals surface area (Å²) in [6, 6.07) is 15.6. The molecule has 4 rings (SSSR count). The highest BCUT2D eigenvalue weighted by Crippen LogP contribution is 2.23. The van der Waals surface area contributed by atoms with Crippen LogP contribution in [-0.4, -0.2) is 46.6 Å². The van der Waals surface area contributed by atoms with Crippen molar-refractivity contribution in [2.24, 2.45) is 0 Å². The van der Waals surface area contributed by atoms with E-state index in [1.54, 1.807) is 4.68 Å². The molecule has 9 heteroatoms. The summed E-state index contributed by atoms with van der Waals surface area (Å²) in [5.41, 5.74) is 3.71. The number of nitrogens with zero attached hydrogens (tertiary/aromatic N) is 6. The van der Waals surface area contributed by atoms with Crippen molar-refractivity contribution in [3.63, 3.8) is 0 Å². The summed E-state index contributed by atoms with van der Waals surface area (Å²) in [5, 5.41) is 26.4. The van der Waals surface area contributed by atoms with E-state index in [1.165, 1.54) is 0 Å². The first kappa shape index (κ1) is 17.2. The number of hydrogen-bond acceptors (Lipinski definition) is 6. The predicted molar refractivity (Wildman–Crippen MR) is 101 cm³/mol. The summed E-state index contributed by atoms with van der Waals surface area (Å²) in [6.45, 7) is 2.38. The predicted octanol–water partition coefficient (Wildman–Crippen LogP) is 2.55. The van der Waals surface area contributed by atoms with Crippen LogP contribution in [0.4, 0.5) is 0 Å². The van der Waals surface area contributed by atoms with Gasteiger partial charge in [0.15, 0.2) is 11.0 Å². The standard InChI is InChI=1S/C18H16N6O2S/c1-12-6-8-13(9-7-12)24-16(20-21-18(24)27-11-17(25)26)10-23-15-5-3-2-4-14(15)19-22-23/h2-9H,10-11H2,1H3,(H,25,26). The topological polar surface area (TPSA) is 98.7 Å². The Hall–Kier alpha value is -3.20. The number of rotatable bonds is 6. The van der Waals surface area contributed by atoms with Crippen LogP contribution in [0.2, 0.25) is 0 Å². The van der Waals surface area contributed by atoms with Crippen LogP contribution >= 0.6 is 11.8 Å². The fraction of sp³-hybridized carbons (Fsp3) is 0.167. The molecule has 0 atom stereocenters. The molecule has 0 fully saturated rings. The Morgan fingerprint density at radius 3 is 2.63 bits per heavy atom. The largest absolute Gasteiger partial charge is 0.481 e. The Labute approximate surface area is 158 Å². The molecule has 2 aromatic heterocycles. The van der Waals surface area contributed by atoms with Crippen LogP contribution in [0.15, 0.2) is 53.7 Å². The molecule has 0 saturated heterocycles. The third kappa shape index (κ3) is 3.54. The Bertz CT molecular complexity index is 1100. The molecule has 136 valence electrons. The Morgan fingerprint density at radius 1 is 1.07 bits per heavy atom. The van der Waals surface area contributed by atoms with Crippen molar-refractivity contribution in [2.75, 3.05) is 5.75 Å². The molecule has 0 aliphatic heterocycles. The Morgan fingerprint density at radius 2 is 1.85 bits per heavy atom. The second-order valence-corrected chi connectivity index (χ2v) is 6.93. The first-order valence-electron chi connectivity index (χ1n) is 8.26. The van der Waals surface area contributed by atoms with Crippen molar-refractivity contribution in [1.29, 1.82) is 0 Å². The fourth-order valence-corrected chi connectivity index (χ4v) is 3.43. The van der Waals surface area contributed by atoms with E-state index in [1.807, 2.05) is 60.0 Å². The molecule has 0 aliphatic rings. The summed E-state index contributed by atoms with van der Waals surface area (Å²) in [7, 11) is 0. The molecule has 2 heterocycles. The number of benzene rings is 2. The second kappa shape index (κ2) is 7.20. The zero-order chi connectivity index (χ0) is 18.8. The van der Waals surface area contributed by atoms with Gasteiger partial charge < -0.3 is 5.11 Å². The van der Waals surface area contributed by atoms with Crippen LogP contribution in [0.1, 0.15) is 11.4 Å². The van der Waals surface area contributed by atoms with Crippen molar-refractivity contribution in [3.8, 4) is 5.69 Å². The fourth-order valence-electron chi connectivity index (χ4n) is 2.74. The van der Waals surface area contributed by atoms with Gasteiger partial charge in [0.1, 0.15) is 12.1 Å². The number of aliphatic carboxylic acids is 1. The molecular weight excluding hydrogens is 364 g/mol. The monoisotopic (exact) mass is 380 g/mol. The number of fused-ring (bicyclic) bond motifs is 1. The van der Waals surface area contributed by atoms with Gasteiger partial charge in [-0.25, -0.2) is 4.68 Å². The lowest BCUT2D eigenvalue weighted by Gasteiger charge is -2.10. The van der Waals surface area contributed by atoms with Crippen LogP contribution in [0.25, 0.3) is 16.7 Å². The van der Waals surface area contributed by atoms with Gasteiger partial charge in [0.25, 0.3) is 0 Å². The van der Waals surface area contributed by atoms with E-state index in [-0.39, 0.29) is 5.75 Å². The van der Waals surface area contributed by atoms with Crippen LogP contribution in [0.5, 0.6) is 0 Å². The average Bonchev–Trinajstić information content (AvgIpc) is 3.26. The van der Waals surface area contributed by atoms with Gasteiger partial charge in [0.05, 0.1) is 11.3 Å². The van der Waals surface area contributed by atoms with Crippen molar-refractivity contribution in [1.82, 2.24) is 29.8 Å². The summed E-state index contributed by atoms with van der Waals surface area (Å²) >= 11 is 1.14. The molecular formula is C18H16N6O2S. The normalized spacial score (nSPS) is 11.1. The van der Waals surface area contributed by atoms with E-state index in [2.05, 4.69) is 20.5 Å². The van der Waals surface area contributed by atoms with E-state index >= 15 is 0 Å². The minimum atomic E-state index is -0.901. The van der Waals surface area contributed by atoms with Gasteiger partial charge in [-0.05, 0) is 31.2 Å². The van der Waals surface area contributed by atoms with E-state index < -0.39 is 5.97 Å². The summed E-state index contributed by atoms with van der Waals surface area (Å²) in [4.78, 5) is 11.0. The van der Waals surface area contributed by atoms with Gasteiger partial charge >= 0.3 is 5.97 Å². The van der Waals surface area contributed by atoms with Crippen LogP contribution < -0.4 is 0 Å². The van der Waals surface area contributed by atoms with E-state index in [0.29, 0.717) is 17.5 Å². The minimum absolute atomic E-state index is 0.0871. The Kier molecular flexibility index (Phi) is 4.59. The molecule has 8 nitrogen and oxygen atoms in total. The zero-order valence-corrected chi connectivity index (χ0v) is 15.3. The second-order valence-electron chi connectivity index (χ2n) is 5.99. The van der Waals surface area contributed by atoms with Crippen molar-refractivity contribution >= 4 is 28.8 Å². The number of carboxylic acids is 1. The number of aryl methyl sites for hydroxylation is 1. The maximum atomic E-state index is 11.0. The summed E-state index contributed by atoms with van der Waals surface area (Å²) in [5.74, 6) is -0.333. The molecule has 0 saturated carbocycles.